The molecule has 0 bridgehead atoms. The Balaban J connectivity index is 1.42. The van der Waals surface area contributed by atoms with E-state index in [9.17, 15) is 0 Å². The highest BCUT2D eigenvalue weighted by Crippen LogP contribution is 2.39. The first kappa shape index (κ1) is 16.1. The zero-order chi connectivity index (χ0) is 18.4. The molecule has 1 aliphatic carbocycles. The lowest BCUT2D eigenvalue weighted by Gasteiger charge is -2.29. The maximum absolute atomic E-state index is 4.55. The van der Waals surface area contributed by atoms with Crippen LogP contribution in [0.5, 0.6) is 0 Å². The topological polar surface area (TPSA) is 64.0 Å². The maximum atomic E-state index is 4.55. The molecule has 27 heavy (non-hydrogen) atoms. The van der Waals surface area contributed by atoms with Crippen LogP contribution in [0, 0.1) is 0 Å². The van der Waals surface area contributed by atoms with Gasteiger partial charge in [0.05, 0.1) is 12.4 Å². The van der Waals surface area contributed by atoms with Crippen molar-refractivity contribution in [3.8, 4) is 0 Å². The van der Waals surface area contributed by atoms with Crippen molar-refractivity contribution >= 4 is 23.0 Å². The Labute approximate surface area is 158 Å². The molecule has 5 rings (SSSR count). The van der Waals surface area contributed by atoms with Crippen LogP contribution < -0.4 is 20.0 Å². The highest BCUT2D eigenvalue weighted by atomic mass is 15.4. The number of H-pyrrole nitrogens is 1. The van der Waals surface area contributed by atoms with Gasteiger partial charge in [0.15, 0.2) is 5.82 Å². The number of fused-ring (bicyclic) bond motifs is 1. The van der Waals surface area contributed by atoms with Gasteiger partial charge in [-0.05, 0) is 37.1 Å². The molecule has 1 aromatic carbocycles. The molecular weight excluding hydrogens is 338 g/mol. The van der Waals surface area contributed by atoms with Crippen LogP contribution in [0.4, 0.5) is 17.2 Å². The lowest BCUT2D eigenvalue weighted by atomic mass is 10.2. The summed E-state index contributed by atoms with van der Waals surface area (Å²) in [6, 6.07) is 10.7. The molecule has 3 N–H and O–H groups in total. The molecule has 2 aromatic rings. The first-order chi connectivity index (χ1) is 13.2. The Bertz CT molecular complexity index is 931. The fourth-order valence-electron chi connectivity index (χ4n) is 3.52. The number of aromatic amines is 1. The van der Waals surface area contributed by atoms with Gasteiger partial charge in [-0.1, -0.05) is 0 Å². The third-order valence-electron chi connectivity index (χ3n) is 5.25. The molecule has 1 unspecified atom stereocenters. The van der Waals surface area contributed by atoms with Gasteiger partial charge in [0.25, 0.3) is 0 Å². The van der Waals surface area contributed by atoms with Gasteiger partial charge in [0.1, 0.15) is 12.7 Å². The number of nitrogens with one attached hydrogen (secondary N) is 3. The summed E-state index contributed by atoms with van der Waals surface area (Å²) in [6.07, 6.45) is 8.62. The summed E-state index contributed by atoms with van der Waals surface area (Å²) in [5.41, 5.74) is 3.56. The number of benzene rings is 1. The second kappa shape index (κ2) is 6.28. The van der Waals surface area contributed by atoms with Crippen molar-refractivity contribution in [3.05, 3.63) is 60.4 Å². The number of aliphatic imine (C=N–C) groups is 1. The van der Waals surface area contributed by atoms with Gasteiger partial charge in [0.2, 0.25) is 11.7 Å². The van der Waals surface area contributed by atoms with Gasteiger partial charge in [-0.25, -0.2) is 9.89 Å². The van der Waals surface area contributed by atoms with Crippen LogP contribution >= 0.6 is 0 Å². The number of hydrogen-bond acceptors (Lipinski definition) is 5. The number of rotatable bonds is 5. The first-order valence-corrected chi connectivity index (χ1v) is 9.36. The number of nitrogens with zero attached hydrogens (tertiary/aromatic N) is 4. The van der Waals surface area contributed by atoms with Gasteiger partial charge < -0.3 is 9.80 Å². The molecule has 3 aliphatic rings. The highest BCUT2D eigenvalue weighted by molar-refractivity contribution is 5.84. The number of quaternary nitrogens is 1. The van der Waals surface area contributed by atoms with E-state index in [4.69, 9.17) is 0 Å². The van der Waals surface area contributed by atoms with E-state index in [2.05, 4.69) is 87.1 Å². The Morgan fingerprint density at radius 1 is 1.22 bits per heavy atom. The molecule has 2 aliphatic heterocycles. The van der Waals surface area contributed by atoms with Crippen molar-refractivity contribution in [3.63, 3.8) is 0 Å². The minimum absolute atomic E-state index is 0.663. The van der Waals surface area contributed by atoms with Gasteiger partial charge in [-0.15, -0.1) is 0 Å². The van der Waals surface area contributed by atoms with Crippen LogP contribution in [0.3, 0.4) is 0 Å². The van der Waals surface area contributed by atoms with E-state index in [1.807, 2.05) is 6.20 Å². The quantitative estimate of drug-likeness (QED) is 0.760. The lowest BCUT2D eigenvalue weighted by Crippen LogP contribution is -3.10. The second-order valence-corrected chi connectivity index (χ2v) is 7.49. The summed E-state index contributed by atoms with van der Waals surface area (Å²) in [5, 5.41) is 11.1. The molecule has 0 radical (unpaired) electrons. The Morgan fingerprint density at radius 2 is 2.04 bits per heavy atom. The predicted octanol–water partition coefficient (Wildman–Crippen LogP) is 1.85. The average Bonchev–Trinajstić information content (AvgIpc) is 3.23. The van der Waals surface area contributed by atoms with E-state index < -0.39 is 0 Å². The third kappa shape index (κ3) is 3.10. The molecule has 0 amide bonds. The minimum Gasteiger partial charge on any atom is -0.378 e. The standard InChI is InChI=1S/C20H23N7/c1-25(2)15-5-7-16(8-6-15)26-12-19-21-9-10-27(19)20(13-26)22-18-11-17(23-24-18)14-3-4-14/h5-11,13-14H,3-4,12H2,1-2H3,(H2,22,23,24)/p+1. The molecule has 138 valence electrons. The molecule has 7 nitrogen and oxygen atoms in total. The van der Waals surface area contributed by atoms with Crippen molar-refractivity contribution in [2.75, 3.05) is 35.8 Å². The number of amidine groups is 1. The van der Waals surface area contributed by atoms with E-state index in [1.165, 1.54) is 24.2 Å². The molecule has 1 fully saturated rings. The van der Waals surface area contributed by atoms with Crippen LogP contribution in [-0.2, 0) is 0 Å². The van der Waals surface area contributed by atoms with E-state index >= 15 is 0 Å². The molecule has 0 spiro atoms. The van der Waals surface area contributed by atoms with Gasteiger partial charge in [-0.2, -0.15) is 5.10 Å². The molecule has 3 heterocycles. The predicted molar refractivity (Wildman–Crippen MR) is 108 cm³/mol. The molecule has 1 aromatic heterocycles. The van der Waals surface area contributed by atoms with Gasteiger partial charge in [0, 0.05) is 43.1 Å². The van der Waals surface area contributed by atoms with Crippen LogP contribution in [0.15, 0.2) is 59.7 Å². The van der Waals surface area contributed by atoms with E-state index in [0.717, 1.165) is 34.6 Å². The zero-order valence-corrected chi connectivity index (χ0v) is 15.6. The first-order valence-electron chi connectivity index (χ1n) is 9.36. The van der Waals surface area contributed by atoms with Crippen molar-refractivity contribution in [2.24, 2.45) is 4.99 Å². The van der Waals surface area contributed by atoms with Crippen molar-refractivity contribution in [1.82, 2.24) is 10.2 Å². The second-order valence-electron chi connectivity index (χ2n) is 7.49. The largest absolute Gasteiger partial charge is 0.378 e. The van der Waals surface area contributed by atoms with Crippen LogP contribution in [0.25, 0.3) is 0 Å². The minimum atomic E-state index is 0.663. The fraction of sp³-hybridized carbons (Fsp3) is 0.300. The van der Waals surface area contributed by atoms with E-state index in [-0.39, 0.29) is 0 Å². The Hall–Kier alpha value is -3.06. The number of hydrogen-bond donors (Lipinski definition) is 3. The monoisotopic (exact) mass is 362 g/mol. The molecule has 1 saturated carbocycles. The van der Waals surface area contributed by atoms with Gasteiger partial charge >= 0.3 is 0 Å². The summed E-state index contributed by atoms with van der Waals surface area (Å²) < 4.78 is 0. The molecular formula is C20H24N7+. The third-order valence-corrected chi connectivity index (χ3v) is 5.25. The van der Waals surface area contributed by atoms with Crippen molar-refractivity contribution < 1.29 is 4.90 Å². The normalized spacial score (nSPS) is 21.0. The SMILES string of the molecule is CN(C)c1ccc(N2C=C(Nc3cc(C4CC4)[nH]n3)[NH+]3C=CN=C3C2)cc1. The lowest BCUT2D eigenvalue weighted by molar-refractivity contribution is -0.698. The van der Waals surface area contributed by atoms with E-state index in [0.29, 0.717) is 5.92 Å². The summed E-state index contributed by atoms with van der Waals surface area (Å²) >= 11 is 0. The van der Waals surface area contributed by atoms with Crippen molar-refractivity contribution in [1.29, 1.82) is 0 Å². The van der Waals surface area contributed by atoms with Crippen LogP contribution in [0.1, 0.15) is 24.5 Å². The summed E-state index contributed by atoms with van der Waals surface area (Å²) in [7, 11) is 4.11. The summed E-state index contributed by atoms with van der Waals surface area (Å²) in [6.45, 7) is 0.767. The van der Waals surface area contributed by atoms with Crippen molar-refractivity contribution in [2.45, 2.75) is 18.8 Å². The fourth-order valence-corrected chi connectivity index (χ4v) is 3.52. The zero-order valence-electron chi connectivity index (χ0n) is 15.6. The molecule has 1 atom stereocenters. The molecule has 0 saturated heterocycles. The smallest absolute Gasteiger partial charge is 0.232 e. The molecule has 7 heteroatoms. The van der Waals surface area contributed by atoms with E-state index in [1.54, 1.807) is 0 Å². The average molecular weight is 362 g/mol. The highest BCUT2D eigenvalue weighted by Gasteiger charge is 2.32. The van der Waals surface area contributed by atoms with Crippen LogP contribution in [0.2, 0.25) is 0 Å². The Kier molecular flexibility index (Phi) is 3.75. The maximum Gasteiger partial charge on any atom is 0.232 e. The van der Waals surface area contributed by atoms with Crippen LogP contribution in [-0.4, -0.2) is 36.7 Å². The Morgan fingerprint density at radius 3 is 2.78 bits per heavy atom. The number of anilines is 3. The summed E-state index contributed by atoms with van der Waals surface area (Å²) in [5.74, 6) is 3.63. The summed E-state index contributed by atoms with van der Waals surface area (Å²) in [4.78, 5) is 10.0. The van der Waals surface area contributed by atoms with Gasteiger partial charge in [-0.3, -0.25) is 10.4 Å². The number of aromatic nitrogens is 2.